The highest BCUT2D eigenvalue weighted by Crippen LogP contribution is 2.18. The highest BCUT2D eigenvalue weighted by Gasteiger charge is 2.00. The van der Waals surface area contributed by atoms with Gasteiger partial charge in [0, 0.05) is 5.69 Å². The maximum atomic E-state index is 5.28. The molecule has 3 N–H and O–H groups in total. The summed E-state index contributed by atoms with van der Waals surface area (Å²) in [5.41, 5.74) is 1.02. The van der Waals surface area contributed by atoms with Crippen molar-refractivity contribution in [1.82, 2.24) is 5.32 Å². The first-order valence-electron chi connectivity index (χ1n) is 6.48. The normalized spacial score (nSPS) is 10.7. The van der Waals surface area contributed by atoms with Crippen molar-refractivity contribution >= 4 is 33.8 Å². The molecule has 3 nitrogen and oxygen atoms in total. The third-order valence-corrected chi connectivity index (χ3v) is 3.16. The number of anilines is 1. The molecule has 0 heterocycles. The van der Waals surface area contributed by atoms with Crippen molar-refractivity contribution in [1.29, 1.82) is 0 Å². The number of nitrogens with one attached hydrogen (secondary N) is 3. The van der Waals surface area contributed by atoms with E-state index >= 15 is 0 Å². The first-order valence-corrected chi connectivity index (χ1v) is 6.88. The van der Waals surface area contributed by atoms with Gasteiger partial charge in [-0.05, 0) is 35.1 Å². The van der Waals surface area contributed by atoms with Crippen LogP contribution in [-0.2, 0) is 0 Å². The van der Waals surface area contributed by atoms with Crippen LogP contribution in [0.4, 0.5) is 5.69 Å². The van der Waals surface area contributed by atoms with E-state index < -0.39 is 0 Å². The lowest BCUT2D eigenvalue weighted by molar-refractivity contribution is -0.856. The standard InChI is InChI=1S/C15H19N3S/c1-18(2)10-9-16-15(19)17-14-8-7-12-5-3-4-6-13(12)11-14/h3-8,11H,9-10H2,1-2H3,(H2,16,17,19)/p+1. The third-order valence-electron chi connectivity index (χ3n) is 2.92. The molecule has 0 saturated heterocycles. The van der Waals surface area contributed by atoms with Gasteiger partial charge in [-0.1, -0.05) is 30.3 Å². The second kappa shape index (κ2) is 6.50. The fourth-order valence-corrected chi connectivity index (χ4v) is 2.09. The zero-order chi connectivity index (χ0) is 13.7. The summed E-state index contributed by atoms with van der Waals surface area (Å²) >= 11 is 5.28. The molecule has 0 atom stereocenters. The summed E-state index contributed by atoms with van der Waals surface area (Å²) in [5, 5.41) is 9.56. The zero-order valence-corrected chi connectivity index (χ0v) is 12.2. The van der Waals surface area contributed by atoms with E-state index in [0.717, 1.165) is 18.8 Å². The average molecular weight is 274 g/mol. The summed E-state index contributed by atoms with van der Waals surface area (Å²) in [6.07, 6.45) is 0. The van der Waals surface area contributed by atoms with Gasteiger partial charge in [-0.25, -0.2) is 0 Å². The summed E-state index contributed by atoms with van der Waals surface area (Å²) in [6.45, 7) is 1.92. The molecular weight excluding hydrogens is 254 g/mol. The fourth-order valence-electron chi connectivity index (χ4n) is 1.87. The molecule has 100 valence electrons. The molecular formula is C15H20N3S+. The molecule has 0 saturated carbocycles. The van der Waals surface area contributed by atoms with E-state index in [0.29, 0.717) is 5.11 Å². The lowest BCUT2D eigenvalue weighted by Crippen LogP contribution is -3.06. The van der Waals surface area contributed by atoms with Crippen LogP contribution in [0.3, 0.4) is 0 Å². The molecule has 2 aromatic carbocycles. The van der Waals surface area contributed by atoms with E-state index in [1.54, 1.807) is 0 Å². The van der Waals surface area contributed by atoms with Crippen molar-refractivity contribution in [3.63, 3.8) is 0 Å². The van der Waals surface area contributed by atoms with Crippen LogP contribution < -0.4 is 15.5 Å². The number of likely N-dealkylation sites (N-methyl/N-ethyl adjacent to an activating group) is 1. The van der Waals surface area contributed by atoms with Crippen LogP contribution in [0, 0.1) is 0 Å². The van der Waals surface area contributed by atoms with Crippen LogP contribution in [0.25, 0.3) is 10.8 Å². The molecule has 0 bridgehead atoms. The van der Waals surface area contributed by atoms with Crippen LogP contribution in [0.15, 0.2) is 42.5 Å². The van der Waals surface area contributed by atoms with E-state index in [1.807, 2.05) is 18.2 Å². The predicted octanol–water partition coefficient (Wildman–Crippen LogP) is 1.27. The van der Waals surface area contributed by atoms with Gasteiger partial charge in [0.15, 0.2) is 5.11 Å². The molecule has 0 fully saturated rings. The number of benzene rings is 2. The summed E-state index contributed by atoms with van der Waals surface area (Å²) in [7, 11) is 4.25. The molecule has 0 radical (unpaired) electrons. The Hall–Kier alpha value is -1.65. The number of quaternary nitrogens is 1. The van der Waals surface area contributed by atoms with Gasteiger partial charge in [0.05, 0.1) is 27.2 Å². The molecule has 2 rings (SSSR count). The highest BCUT2D eigenvalue weighted by atomic mass is 32.1. The van der Waals surface area contributed by atoms with Gasteiger partial charge >= 0.3 is 0 Å². The van der Waals surface area contributed by atoms with E-state index in [2.05, 4.69) is 49.0 Å². The van der Waals surface area contributed by atoms with Gasteiger partial charge in [-0.3, -0.25) is 0 Å². The molecule has 2 aromatic rings. The lowest BCUT2D eigenvalue weighted by atomic mass is 10.1. The maximum absolute atomic E-state index is 5.28. The fraction of sp³-hybridized carbons (Fsp3) is 0.267. The van der Waals surface area contributed by atoms with Crippen molar-refractivity contribution in [2.75, 3.05) is 32.5 Å². The molecule has 0 spiro atoms. The van der Waals surface area contributed by atoms with Crippen molar-refractivity contribution in [2.45, 2.75) is 0 Å². The Morgan fingerprint density at radius 2 is 1.84 bits per heavy atom. The Labute approximate surface area is 119 Å². The van der Waals surface area contributed by atoms with Gasteiger partial charge in [0.1, 0.15) is 0 Å². The second-order valence-corrected chi connectivity index (χ2v) is 5.31. The topological polar surface area (TPSA) is 28.5 Å². The minimum Gasteiger partial charge on any atom is -0.357 e. The minimum absolute atomic E-state index is 0.677. The van der Waals surface area contributed by atoms with Crippen LogP contribution in [0.2, 0.25) is 0 Å². The van der Waals surface area contributed by atoms with Crippen LogP contribution in [0.1, 0.15) is 0 Å². The van der Waals surface area contributed by atoms with E-state index in [1.165, 1.54) is 15.7 Å². The van der Waals surface area contributed by atoms with E-state index in [4.69, 9.17) is 12.2 Å². The third kappa shape index (κ3) is 4.19. The van der Waals surface area contributed by atoms with Crippen LogP contribution in [-0.4, -0.2) is 32.3 Å². The molecule has 0 aliphatic rings. The van der Waals surface area contributed by atoms with Crippen molar-refractivity contribution in [3.05, 3.63) is 42.5 Å². The predicted molar refractivity (Wildman–Crippen MR) is 85.8 cm³/mol. The quantitative estimate of drug-likeness (QED) is 0.733. The molecule has 19 heavy (non-hydrogen) atoms. The van der Waals surface area contributed by atoms with E-state index in [9.17, 15) is 0 Å². The largest absolute Gasteiger partial charge is 0.357 e. The van der Waals surface area contributed by atoms with E-state index in [-0.39, 0.29) is 0 Å². The van der Waals surface area contributed by atoms with Gasteiger partial charge in [0.2, 0.25) is 0 Å². The van der Waals surface area contributed by atoms with Crippen molar-refractivity contribution in [2.24, 2.45) is 0 Å². The number of hydrogen-bond donors (Lipinski definition) is 3. The zero-order valence-electron chi connectivity index (χ0n) is 11.4. The Balaban J connectivity index is 1.95. The van der Waals surface area contributed by atoms with Gasteiger partial charge in [-0.2, -0.15) is 0 Å². The van der Waals surface area contributed by atoms with Gasteiger partial charge in [-0.15, -0.1) is 0 Å². The summed E-state index contributed by atoms with van der Waals surface area (Å²) in [6, 6.07) is 14.6. The lowest BCUT2D eigenvalue weighted by Gasteiger charge is -2.12. The Kier molecular flexibility index (Phi) is 4.71. The molecule has 0 aliphatic heterocycles. The Morgan fingerprint density at radius 3 is 2.58 bits per heavy atom. The van der Waals surface area contributed by atoms with Crippen molar-refractivity contribution < 1.29 is 4.90 Å². The summed E-state index contributed by atoms with van der Waals surface area (Å²) in [5.74, 6) is 0. The number of hydrogen-bond acceptors (Lipinski definition) is 1. The number of fused-ring (bicyclic) bond motifs is 1. The van der Waals surface area contributed by atoms with Crippen LogP contribution >= 0.6 is 12.2 Å². The molecule has 0 aliphatic carbocycles. The Morgan fingerprint density at radius 1 is 1.11 bits per heavy atom. The first kappa shape index (κ1) is 13.8. The van der Waals surface area contributed by atoms with Crippen LogP contribution in [0.5, 0.6) is 0 Å². The first-order chi connectivity index (χ1) is 9.15. The highest BCUT2D eigenvalue weighted by molar-refractivity contribution is 7.80. The molecule has 4 heteroatoms. The Bertz CT molecular complexity index is 566. The smallest absolute Gasteiger partial charge is 0.170 e. The molecule has 0 amide bonds. The molecule has 0 aromatic heterocycles. The van der Waals surface area contributed by atoms with Crippen molar-refractivity contribution in [3.8, 4) is 0 Å². The molecule has 0 unspecified atom stereocenters. The average Bonchev–Trinajstić information content (AvgIpc) is 2.38. The SMILES string of the molecule is C[NH+](C)CCNC(=S)Nc1ccc2ccccc2c1. The maximum Gasteiger partial charge on any atom is 0.170 e. The van der Waals surface area contributed by atoms with Gasteiger partial charge < -0.3 is 15.5 Å². The minimum atomic E-state index is 0.677. The van der Waals surface area contributed by atoms with Gasteiger partial charge in [0.25, 0.3) is 0 Å². The number of rotatable bonds is 4. The summed E-state index contributed by atoms with van der Waals surface area (Å²) < 4.78 is 0. The number of thiocarbonyl (C=S) groups is 1. The summed E-state index contributed by atoms with van der Waals surface area (Å²) in [4.78, 5) is 1.40. The second-order valence-electron chi connectivity index (χ2n) is 4.90. The monoisotopic (exact) mass is 274 g/mol.